The van der Waals surface area contributed by atoms with Crippen LogP contribution >= 0.6 is 12.4 Å². The molecule has 0 atom stereocenters. The maximum absolute atomic E-state index is 5.63. The van der Waals surface area contributed by atoms with E-state index < -0.39 is 0 Å². The molecule has 196 valence electrons. The predicted molar refractivity (Wildman–Crippen MR) is 152 cm³/mol. The lowest BCUT2D eigenvalue weighted by molar-refractivity contribution is 0.0819. The monoisotopic (exact) mass is 501 g/mol. The molecule has 2 heterocycles. The molecule has 2 aliphatic heterocycles. The molecule has 0 aromatic heterocycles. The number of hydrogen-bond acceptors (Lipinski definition) is 4. The minimum atomic E-state index is 0. The molecule has 5 rings (SSSR count). The Morgan fingerprint density at radius 3 is 2.29 bits per heavy atom. The molecule has 5 heteroatoms. The summed E-state index contributed by atoms with van der Waals surface area (Å²) >= 11 is 0. The van der Waals surface area contributed by atoms with Gasteiger partial charge in [-0.1, -0.05) is 32.3 Å². The number of ether oxygens (including phenoxy) is 1. The lowest BCUT2D eigenvalue weighted by Gasteiger charge is -2.41. The van der Waals surface area contributed by atoms with Crippen LogP contribution < -0.4 is 9.80 Å². The maximum Gasteiger partial charge on any atom is 0.0605 e. The Kier molecular flexibility index (Phi) is 9.46. The van der Waals surface area contributed by atoms with E-state index in [0.717, 1.165) is 39.0 Å². The number of rotatable bonds is 6. The van der Waals surface area contributed by atoms with Crippen LogP contribution in [-0.4, -0.2) is 63.9 Å². The summed E-state index contributed by atoms with van der Waals surface area (Å²) in [4.78, 5) is 7.90. The van der Waals surface area contributed by atoms with E-state index in [-0.39, 0.29) is 12.4 Å². The summed E-state index contributed by atoms with van der Waals surface area (Å²) in [6.45, 7) is 10.5. The summed E-state index contributed by atoms with van der Waals surface area (Å²) in [5.41, 5.74) is 6.67. The first-order valence-corrected chi connectivity index (χ1v) is 14.3. The molecule has 35 heavy (non-hydrogen) atoms. The largest absolute Gasteiger partial charge is 0.381 e. The molecule has 2 saturated heterocycles. The van der Waals surface area contributed by atoms with Crippen molar-refractivity contribution in [2.75, 3.05) is 62.7 Å². The molecular formula is C30H48ClN3O. The van der Waals surface area contributed by atoms with Gasteiger partial charge in [0.25, 0.3) is 0 Å². The Morgan fingerprint density at radius 2 is 1.66 bits per heavy atom. The van der Waals surface area contributed by atoms with Crippen LogP contribution in [0.2, 0.25) is 0 Å². The number of anilines is 2. The molecule has 1 aromatic rings. The van der Waals surface area contributed by atoms with Crippen LogP contribution in [0, 0.1) is 5.41 Å². The fraction of sp³-hybridized carbons (Fsp3) is 0.733. The van der Waals surface area contributed by atoms with Gasteiger partial charge in [-0.3, -0.25) is 4.90 Å². The summed E-state index contributed by atoms with van der Waals surface area (Å²) in [5.74, 6) is 0. The van der Waals surface area contributed by atoms with Crippen LogP contribution in [0.5, 0.6) is 0 Å². The van der Waals surface area contributed by atoms with Crippen molar-refractivity contribution in [1.82, 2.24) is 4.90 Å². The van der Waals surface area contributed by atoms with Gasteiger partial charge in [-0.15, -0.1) is 12.4 Å². The highest BCUT2D eigenvalue weighted by Gasteiger charge is 2.34. The normalized spacial score (nSPS) is 23.8. The van der Waals surface area contributed by atoms with Gasteiger partial charge >= 0.3 is 0 Å². The third-order valence-electron chi connectivity index (χ3n) is 9.34. The molecule has 0 radical (unpaired) electrons. The summed E-state index contributed by atoms with van der Waals surface area (Å²) in [7, 11) is 1.86. The first-order valence-electron chi connectivity index (χ1n) is 14.3. The van der Waals surface area contributed by atoms with E-state index in [1.165, 1.54) is 94.4 Å². The SMILES string of the molecule is CCCN1CCN(c2ccc(N3CCC(OC)CC3)cc2C2=CCC3(CCCCC3)CC2)CC1.Cl. The van der Waals surface area contributed by atoms with E-state index in [0.29, 0.717) is 11.5 Å². The Hall–Kier alpha value is -1.23. The number of allylic oxidation sites excluding steroid dienone is 2. The lowest BCUT2D eigenvalue weighted by Crippen LogP contribution is -2.46. The third kappa shape index (κ3) is 6.19. The molecule has 4 nitrogen and oxygen atoms in total. The number of benzene rings is 1. The zero-order valence-corrected chi connectivity index (χ0v) is 23.1. The summed E-state index contributed by atoms with van der Waals surface area (Å²) < 4.78 is 5.63. The van der Waals surface area contributed by atoms with E-state index in [2.05, 4.69) is 45.9 Å². The van der Waals surface area contributed by atoms with E-state index in [1.807, 2.05) is 7.11 Å². The number of piperazine rings is 1. The zero-order valence-electron chi connectivity index (χ0n) is 22.3. The molecule has 0 unspecified atom stereocenters. The summed E-state index contributed by atoms with van der Waals surface area (Å²) in [5, 5.41) is 0. The average molecular weight is 502 g/mol. The predicted octanol–water partition coefficient (Wildman–Crippen LogP) is 6.77. The smallest absolute Gasteiger partial charge is 0.0605 e. The first-order chi connectivity index (χ1) is 16.7. The topological polar surface area (TPSA) is 19.0 Å². The Bertz CT molecular complexity index is 834. The van der Waals surface area contributed by atoms with Crippen LogP contribution in [0.1, 0.15) is 83.1 Å². The van der Waals surface area contributed by atoms with Gasteiger partial charge in [0.05, 0.1) is 6.10 Å². The highest BCUT2D eigenvalue weighted by molar-refractivity contribution is 5.85. The second-order valence-corrected chi connectivity index (χ2v) is 11.4. The molecule has 1 spiro atoms. The number of methoxy groups -OCH3 is 1. The Balaban J connectivity index is 0.00000289. The average Bonchev–Trinajstić information content (AvgIpc) is 2.90. The summed E-state index contributed by atoms with van der Waals surface area (Å²) in [6.07, 6.45) is 17.8. The third-order valence-corrected chi connectivity index (χ3v) is 9.34. The minimum absolute atomic E-state index is 0. The molecule has 3 fully saturated rings. The standard InChI is InChI=1S/C30H47N3O.ClH/c1-3-17-31-20-22-33(23-21-31)29-8-7-26(32-18-11-27(34-2)12-19-32)24-28(29)25-9-15-30(16-10-25)13-5-4-6-14-30;/h7-9,24,27H,3-6,10-23H2,1-2H3;1H. The molecule has 0 bridgehead atoms. The fourth-order valence-electron chi connectivity index (χ4n) is 7.08. The zero-order chi connectivity index (χ0) is 23.4. The number of piperidine rings is 1. The van der Waals surface area contributed by atoms with Crippen molar-refractivity contribution in [2.45, 2.75) is 83.7 Å². The van der Waals surface area contributed by atoms with Crippen LogP contribution in [-0.2, 0) is 4.74 Å². The van der Waals surface area contributed by atoms with Crippen molar-refractivity contribution in [2.24, 2.45) is 5.41 Å². The number of halogens is 1. The second kappa shape index (κ2) is 12.3. The van der Waals surface area contributed by atoms with Gasteiger partial charge < -0.3 is 14.5 Å². The number of hydrogen-bond donors (Lipinski definition) is 0. The molecule has 4 aliphatic rings. The van der Waals surface area contributed by atoms with E-state index in [4.69, 9.17) is 4.74 Å². The highest BCUT2D eigenvalue weighted by atomic mass is 35.5. The first kappa shape index (κ1) is 26.8. The van der Waals surface area contributed by atoms with Crippen molar-refractivity contribution in [1.29, 1.82) is 0 Å². The van der Waals surface area contributed by atoms with Crippen molar-refractivity contribution < 1.29 is 4.74 Å². The van der Waals surface area contributed by atoms with Gasteiger partial charge in [0.1, 0.15) is 0 Å². The molecule has 2 aliphatic carbocycles. The van der Waals surface area contributed by atoms with E-state index in [9.17, 15) is 0 Å². The van der Waals surface area contributed by atoms with Crippen LogP contribution in [0.4, 0.5) is 11.4 Å². The maximum atomic E-state index is 5.63. The van der Waals surface area contributed by atoms with Crippen molar-refractivity contribution >= 4 is 29.4 Å². The fourth-order valence-corrected chi connectivity index (χ4v) is 7.08. The lowest BCUT2D eigenvalue weighted by atomic mass is 9.65. The van der Waals surface area contributed by atoms with Gasteiger partial charge in [0.15, 0.2) is 0 Å². The van der Waals surface area contributed by atoms with Crippen LogP contribution in [0.3, 0.4) is 0 Å². The molecule has 0 N–H and O–H groups in total. The van der Waals surface area contributed by atoms with Crippen LogP contribution in [0.25, 0.3) is 5.57 Å². The van der Waals surface area contributed by atoms with E-state index >= 15 is 0 Å². The van der Waals surface area contributed by atoms with Gasteiger partial charge in [0.2, 0.25) is 0 Å². The van der Waals surface area contributed by atoms with Crippen molar-refractivity contribution in [3.05, 3.63) is 29.8 Å². The Morgan fingerprint density at radius 1 is 0.914 bits per heavy atom. The second-order valence-electron chi connectivity index (χ2n) is 11.4. The molecule has 0 amide bonds. The highest BCUT2D eigenvalue weighted by Crippen LogP contribution is 2.49. The quantitative estimate of drug-likeness (QED) is 0.428. The van der Waals surface area contributed by atoms with Crippen molar-refractivity contribution in [3.63, 3.8) is 0 Å². The molecule has 1 aromatic carbocycles. The summed E-state index contributed by atoms with van der Waals surface area (Å²) in [6, 6.07) is 7.40. The van der Waals surface area contributed by atoms with Crippen molar-refractivity contribution in [3.8, 4) is 0 Å². The molecular weight excluding hydrogens is 454 g/mol. The van der Waals surface area contributed by atoms with Gasteiger partial charge in [-0.2, -0.15) is 0 Å². The van der Waals surface area contributed by atoms with Gasteiger partial charge in [0, 0.05) is 63.3 Å². The van der Waals surface area contributed by atoms with Crippen LogP contribution in [0.15, 0.2) is 24.3 Å². The Labute approximate surface area is 220 Å². The molecule has 1 saturated carbocycles. The van der Waals surface area contributed by atoms with E-state index in [1.54, 1.807) is 5.57 Å². The van der Waals surface area contributed by atoms with Gasteiger partial charge in [-0.25, -0.2) is 0 Å². The minimum Gasteiger partial charge on any atom is -0.381 e. The van der Waals surface area contributed by atoms with Gasteiger partial charge in [-0.05, 0) is 87.1 Å². The number of nitrogens with zero attached hydrogens (tertiary/aromatic N) is 3.